The standard InChI is InChI=1S/C15H21N5O/c1-15(2,3)14-18-13(21-19-14)11-4-5-17-12(10-11)20-8-6-16-7-9-20/h4-5,10,16H,6-9H2,1-3H3. The molecule has 1 fully saturated rings. The van der Waals surface area contributed by atoms with Crippen molar-refractivity contribution < 1.29 is 4.52 Å². The molecule has 0 bridgehead atoms. The Balaban J connectivity index is 1.87. The summed E-state index contributed by atoms with van der Waals surface area (Å²) in [5.74, 6) is 2.24. The van der Waals surface area contributed by atoms with Crippen LogP contribution in [0.2, 0.25) is 0 Å². The third-order valence-corrected chi connectivity index (χ3v) is 3.53. The van der Waals surface area contributed by atoms with Gasteiger partial charge in [0.1, 0.15) is 5.82 Å². The second kappa shape index (κ2) is 5.44. The highest BCUT2D eigenvalue weighted by Gasteiger charge is 2.22. The Morgan fingerprint density at radius 1 is 1.24 bits per heavy atom. The van der Waals surface area contributed by atoms with Crippen LogP contribution in [-0.2, 0) is 5.41 Å². The Morgan fingerprint density at radius 3 is 2.67 bits per heavy atom. The first kappa shape index (κ1) is 14.0. The molecule has 6 heteroatoms. The molecule has 0 amide bonds. The number of hydrogen-bond acceptors (Lipinski definition) is 6. The summed E-state index contributed by atoms with van der Waals surface area (Å²) in [7, 11) is 0. The molecule has 0 radical (unpaired) electrons. The van der Waals surface area contributed by atoms with E-state index in [1.807, 2.05) is 12.1 Å². The zero-order valence-electron chi connectivity index (χ0n) is 12.8. The second-order valence-corrected chi connectivity index (χ2v) is 6.31. The van der Waals surface area contributed by atoms with Crippen LogP contribution in [0.4, 0.5) is 5.82 Å². The smallest absolute Gasteiger partial charge is 0.258 e. The molecule has 0 aromatic carbocycles. The van der Waals surface area contributed by atoms with Gasteiger partial charge in [-0.3, -0.25) is 0 Å². The van der Waals surface area contributed by atoms with Crippen LogP contribution in [0.15, 0.2) is 22.9 Å². The molecule has 6 nitrogen and oxygen atoms in total. The predicted octanol–water partition coefficient (Wildman–Crippen LogP) is 1.84. The molecule has 112 valence electrons. The van der Waals surface area contributed by atoms with Crippen LogP contribution in [0.5, 0.6) is 0 Å². The van der Waals surface area contributed by atoms with Crippen molar-refractivity contribution in [2.45, 2.75) is 26.2 Å². The van der Waals surface area contributed by atoms with E-state index >= 15 is 0 Å². The average molecular weight is 287 g/mol. The maximum Gasteiger partial charge on any atom is 0.258 e. The van der Waals surface area contributed by atoms with Crippen LogP contribution >= 0.6 is 0 Å². The zero-order valence-corrected chi connectivity index (χ0v) is 12.8. The summed E-state index contributed by atoms with van der Waals surface area (Å²) in [6.07, 6.45) is 1.80. The van der Waals surface area contributed by atoms with E-state index in [1.54, 1.807) is 6.20 Å². The lowest BCUT2D eigenvalue weighted by molar-refractivity contribution is 0.402. The van der Waals surface area contributed by atoms with E-state index in [4.69, 9.17) is 4.52 Å². The van der Waals surface area contributed by atoms with Crippen molar-refractivity contribution in [3.63, 3.8) is 0 Å². The summed E-state index contributed by atoms with van der Waals surface area (Å²) >= 11 is 0. The summed E-state index contributed by atoms with van der Waals surface area (Å²) in [6.45, 7) is 10.1. The van der Waals surface area contributed by atoms with Crippen molar-refractivity contribution >= 4 is 5.82 Å². The van der Waals surface area contributed by atoms with Crippen LogP contribution < -0.4 is 10.2 Å². The van der Waals surface area contributed by atoms with Gasteiger partial charge in [-0.25, -0.2) is 4.98 Å². The van der Waals surface area contributed by atoms with Gasteiger partial charge in [0.05, 0.1) is 0 Å². The van der Waals surface area contributed by atoms with Gasteiger partial charge in [-0.05, 0) is 12.1 Å². The van der Waals surface area contributed by atoms with Gasteiger partial charge in [0.2, 0.25) is 0 Å². The van der Waals surface area contributed by atoms with Crippen molar-refractivity contribution in [1.29, 1.82) is 0 Å². The fourth-order valence-corrected chi connectivity index (χ4v) is 2.26. The van der Waals surface area contributed by atoms with Gasteiger partial charge in [0, 0.05) is 43.4 Å². The molecular weight excluding hydrogens is 266 g/mol. The molecule has 3 heterocycles. The molecule has 2 aromatic heterocycles. The van der Waals surface area contributed by atoms with E-state index in [-0.39, 0.29) is 5.41 Å². The first-order chi connectivity index (χ1) is 10.0. The Labute approximate surface area is 124 Å². The number of nitrogens with one attached hydrogen (secondary N) is 1. The highest BCUT2D eigenvalue weighted by Crippen LogP contribution is 2.25. The number of anilines is 1. The summed E-state index contributed by atoms with van der Waals surface area (Å²) < 4.78 is 5.40. The average Bonchev–Trinajstić information content (AvgIpc) is 2.98. The number of rotatable bonds is 2. The lowest BCUT2D eigenvalue weighted by Gasteiger charge is -2.28. The van der Waals surface area contributed by atoms with E-state index < -0.39 is 0 Å². The number of piperazine rings is 1. The Bertz CT molecular complexity index is 611. The molecule has 2 aromatic rings. The maximum atomic E-state index is 5.40. The van der Waals surface area contributed by atoms with Crippen molar-refractivity contribution in [3.8, 4) is 11.5 Å². The fourth-order valence-electron chi connectivity index (χ4n) is 2.26. The quantitative estimate of drug-likeness (QED) is 0.909. The van der Waals surface area contributed by atoms with Crippen LogP contribution in [0.1, 0.15) is 26.6 Å². The summed E-state index contributed by atoms with van der Waals surface area (Å²) in [5.41, 5.74) is 0.803. The summed E-state index contributed by atoms with van der Waals surface area (Å²) in [5, 5.41) is 7.42. The van der Waals surface area contributed by atoms with Gasteiger partial charge in [-0.2, -0.15) is 4.98 Å². The van der Waals surface area contributed by atoms with E-state index in [2.05, 4.69) is 46.1 Å². The topological polar surface area (TPSA) is 67.1 Å². The van der Waals surface area contributed by atoms with Crippen molar-refractivity contribution in [2.24, 2.45) is 0 Å². The largest absolute Gasteiger partial charge is 0.354 e. The molecule has 0 atom stereocenters. The van der Waals surface area contributed by atoms with Crippen LogP contribution in [-0.4, -0.2) is 41.3 Å². The van der Waals surface area contributed by atoms with Crippen LogP contribution in [0.25, 0.3) is 11.5 Å². The third-order valence-electron chi connectivity index (χ3n) is 3.53. The number of nitrogens with zero attached hydrogens (tertiary/aromatic N) is 4. The number of hydrogen-bond donors (Lipinski definition) is 1. The van der Waals surface area contributed by atoms with E-state index in [9.17, 15) is 0 Å². The Morgan fingerprint density at radius 2 is 2.00 bits per heavy atom. The highest BCUT2D eigenvalue weighted by atomic mass is 16.5. The van der Waals surface area contributed by atoms with Gasteiger partial charge in [-0.15, -0.1) is 0 Å². The lowest BCUT2D eigenvalue weighted by Crippen LogP contribution is -2.43. The zero-order chi connectivity index (χ0) is 14.9. The lowest BCUT2D eigenvalue weighted by atomic mass is 9.96. The van der Waals surface area contributed by atoms with Gasteiger partial charge >= 0.3 is 0 Å². The van der Waals surface area contributed by atoms with E-state index in [1.165, 1.54) is 0 Å². The molecule has 0 unspecified atom stereocenters. The molecule has 0 aliphatic carbocycles. The Kier molecular flexibility index (Phi) is 3.63. The number of aromatic nitrogens is 3. The Hall–Kier alpha value is -1.95. The van der Waals surface area contributed by atoms with Crippen molar-refractivity contribution in [3.05, 3.63) is 24.2 Å². The minimum absolute atomic E-state index is 0.115. The summed E-state index contributed by atoms with van der Waals surface area (Å²) in [4.78, 5) is 11.2. The van der Waals surface area contributed by atoms with Gasteiger partial charge in [0.25, 0.3) is 5.89 Å². The second-order valence-electron chi connectivity index (χ2n) is 6.31. The molecule has 21 heavy (non-hydrogen) atoms. The summed E-state index contributed by atoms with van der Waals surface area (Å²) in [6, 6.07) is 3.93. The molecule has 1 aliphatic heterocycles. The van der Waals surface area contributed by atoms with Crippen LogP contribution in [0.3, 0.4) is 0 Å². The van der Waals surface area contributed by atoms with Crippen LogP contribution in [0, 0.1) is 0 Å². The molecular formula is C15H21N5O. The van der Waals surface area contributed by atoms with E-state index in [0.717, 1.165) is 43.4 Å². The number of pyridine rings is 1. The molecule has 3 rings (SSSR count). The van der Waals surface area contributed by atoms with Crippen molar-refractivity contribution in [2.75, 3.05) is 31.1 Å². The third kappa shape index (κ3) is 3.05. The monoisotopic (exact) mass is 287 g/mol. The minimum Gasteiger partial charge on any atom is -0.354 e. The molecule has 1 aliphatic rings. The first-order valence-corrected chi connectivity index (χ1v) is 7.30. The van der Waals surface area contributed by atoms with Gasteiger partial charge in [0.15, 0.2) is 5.82 Å². The predicted molar refractivity (Wildman–Crippen MR) is 81.3 cm³/mol. The fraction of sp³-hybridized carbons (Fsp3) is 0.533. The first-order valence-electron chi connectivity index (χ1n) is 7.30. The minimum atomic E-state index is -0.115. The van der Waals surface area contributed by atoms with Gasteiger partial charge in [-0.1, -0.05) is 25.9 Å². The van der Waals surface area contributed by atoms with Gasteiger partial charge < -0.3 is 14.7 Å². The molecule has 1 saturated heterocycles. The molecule has 1 N–H and O–H groups in total. The molecule has 0 spiro atoms. The normalized spacial score (nSPS) is 16.2. The SMILES string of the molecule is CC(C)(C)c1noc(-c2ccnc(N3CCNCC3)c2)n1. The highest BCUT2D eigenvalue weighted by molar-refractivity contribution is 5.58. The maximum absolute atomic E-state index is 5.40. The van der Waals surface area contributed by atoms with Crippen molar-refractivity contribution in [1.82, 2.24) is 20.4 Å². The van der Waals surface area contributed by atoms with E-state index in [0.29, 0.717) is 5.89 Å². The molecule has 0 saturated carbocycles.